The number of nitrogens with one attached hydrogen (secondary N) is 1. The predicted octanol–water partition coefficient (Wildman–Crippen LogP) is 4.74. The topological polar surface area (TPSA) is 132 Å². The summed E-state index contributed by atoms with van der Waals surface area (Å²) in [5.41, 5.74) is 3.73. The molecule has 1 saturated carbocycles. The van der Waals surface area contributed by atoms with E-state index in [1.54, 1.807) is 42.3 Å². The molecule has 5 heterocycles. The van der Waals surface area contributed by atoms with Gasteiger partial charge < -0.3 is 33.8 Å². The molecule has 7 rings (SSSR count). The molecule has 3 atom stereocenters. The fourth-order valence-corrected chi connectivity index (χ4v) is 6.20. The van der Waals surface area contributed by atoms with Gasteiger partial charge in [0.1, 0.15) is 17.9 Å². The van der Waals surface area contributed by atoms with E-state index in [1.807, 2.05) is 29.8 Å². The maximum atomic E-state index is 15.5. The molecule has 1 fully saturated rings. The molecule has 0 radical (unpaired) electrons. The van der Waals surface area contributed by atoms with Gasteiger partial charge in [0.05, 0.1) is 40.9 Å². The molecule has 2 unspecified atom stereocenters. The van der Waals surface area contributed by atoms with Crippen molar-refractivity contribution in [2.75, 3.05) is 19.8 Å². The van der Waals surface area contributed by atoms with Crippen molar-refractivity contribution >= 4 is 34.1 Å². The van der Waals surface area contributed by atoms with Crippen LogP contribution in [0.25, 0.3) is 33.6 Å². The first-order chi connectivity index (χ1) is 22.2. The standard InChI is InChI=1S/C32H34F2N8O4/c1-18(41-11-9-35-17-41)28(34)46-26-5-3-4-20-12-25(42(27(20)26)15-19-6-7-19)30-38-24-13-22-23(37-29(24)39(30)2)8-10-40(31(22)43)16-21(14-33)36-32(44)45/h3-5,9,11-13,17-19,21,28,36H,6-8,10,14-16H2,1-2H3,(H,44,45)/t18?,21-,28?/m1/s1. The number of imidazole rings is 2. The molecule has 0 bridgehead atoms. The Morgan fingerprint density at radius 3 is 2.78 bits per heavy atom. The number of carboxylic acid groups (broad SMARTS) is 1. The molecule has 4 aromatic heterocycles. The van der Waals surface area contributed by atoms with Gasteiger partial charge in [-0.1, -0.05) is 12.1 Å². The number of pyridine rings is 1. The second kappa shape index (κ2) is 11.7. The Hall–Kier alpha value is -5.01. The molecular formula is C32H34F2N8O4. The minimum Gasteiger partial charge on any atom is -0.465 e. The zero-order chi connectivity index (χ0) is 32.1. The molecule has 5 aromatic rings. The van der Waals surface area contributed by atoms with Crippen molar-refractivity contribution in [2.24, 2.45) is 13.0 Å². The summed E-state index contributed by atoms with van der Waals surface area (Å²) in [5.74, 6) is 1.22. The zero-order valence-electron chi connectivity index (χ0n) is 25.4. The van der Waals surface area contributed by atoms with E-state index < -0.39 is 31.2 Å². The van der Waals surface area contributed by atoms with Gasteiger partial charge in [0.15, 0.2) is 11.5 Å². The number of aromatic nitrogens is 6. The molecular weight excluding hydrogens is 598 g/mol. The van der Waals surface area contributed by atoms with Crippen LogP contribution >= 0.6 is 0 Å². The molecule has 240 valence electrons. The lowest BCUT2D eigenvalue weighted by atomic mass is 10.0. The second-order valence-electron chi connectivity index (χ2n) is 12.1. The number of benzene rings is 1. The number of nitrogens with zero attached hydrogens (tertiary/aromatic N) is 7. The first-order valence-corrected chi connectivity index (χ1v) is 15.3. The quantitative estimate of drug-likeness (QED) is 0.215. The highest BCUT2D eigenvalue weighted by Crippen LogP contribution is 2.40. The second-order valence-corrected chi connectivity index (χ2v) is 12.1. The predicted molar refractivity (Wildman–Crippen MR) is 165 cm³/mol. The van der Waals surface area contributed by atoms with E-state index in [-0.39, 0.29) is 12.5 Å². The van der Waals surface area contributed by atoms with Crippen molar-refractivity contribution in [3.8, 4) is 17.3 Å². The monoisotopic (exact) mass is 632 g/mol. The number of fused-ring (bicyclic) bond motifs is 3. The number of halogens is 2. The van der Waals surface area contributed by atoms with Crippen LogP contribution in [-0.4, -0.2) is 82.8 Å². The maximum absolute atomic E-state index is 15.5. The number of hydrogen-bond acceptors (Lipinski definition) is 6. The van der Waals surface area contributed by atoms with Crippen molar-refractivity contribution in [3.63, 3.8) is 0 Å². The van der Waals surface area contributed by atoms with Crippen LogP contribution in [0.2, 0.25) is 0 Å². The van der Waals surface area contributed by atoms with Crippen molar-refractivity contribution in [2.45, 2.75) is 51.2 Å². The molecule has 12 nitrogen and oxygen atoms in total. The summed E-state index contributed by atoms with van der Waals surface area (Å²) in [7, 11) is 1.88. The molecule has 1 aromatic carbocycles. The molecule has 46 heavy (non-hydrogen) atoms. The van der Waals surface area contributed by atoms with Gasteiger partial charge in [-0.25, -0.2) is 24.1 Å². The number of aryl methyl sites for hydroxylation is 1. The average molecular weight is 633 g/mol. The first-order valence-electron chi connectivity index (χ1n) is 15.3. The molecule has 14 heteroatoms. The van der Waals surface area contributed by atoms with E-state index in [9.17, 15) is 14.0 Å². The third-order valence-corrected chi connectivity index (χ3v) is 8.88. The lowest BCUT2D eigenvalue weighted by Crippen LogP contribution is -2.48. The minimum absolute atomic E-state index is 0.0842. The molecule has 1 aliphatic heterocycles. The highest BCUT2D eigenvalue weighted by molar-refractivity contribution is 5.99. The van der Waals surface area contributed by atoms with Crippen molar-refractivity contribution in [3.05, 3.63) is 60.3 Å². The van der Waals surface area contributed by atoms with Gasteiger partial charge in [-0.3, -0.25) is 4.79 Å². The third kappa shape index (κ3) is 5.41. The average Bonchev–Trinajstić information content (AvgIpc) is 3.40. The Morgan fingerprint density at radius 2 is 2.07 bits per heavy atom. The number of ether oxygens (including phenoxy) is 1. The van der Waals surface area contributed by atoms with E-state index in [0.717, 1.165) is 29.4 Å². The molecule has 0 saturated heterocycles. The van der Waals surface area contributed by atoms with Crippen molar-refractivity contribution in [1.29, 1.82) is 0 Å². The summed E-state index contributed by atoms with van der Waals surface area (Å²) in [4.78, 5) is 39.7. The molecule has 0 spiro atoms. The van der Waals surface area contributed by atoms with Gasteiger partial charge in [-0.05, 0) is 43.9 Å². The van der Waals surface area contributed by atoms with Gasteiger partial charge in [-0.2, -0.15) is 4.39 Å². The van der Waals surface area contributed by atoms with Crippen LogP contribution in [0.5, 0.6) is 5.75 Å². The smallest absolute Gasteiger partial charge is 0.405 e. The summed E-state index contributed by atoms with van der Waals surface area (Å²) < 4.78 is 40.6. The van der Waals surface area contributed by atoms with Crippen LogP contribution in [0.1, 0.15) is 41.9 Å². The third-order valence-electron chi connectivity index (χ3n) is 8.88. The van der Waals surface area contributed by atoms with Gasteiger partial charge in [0, 0.05) is 50.9 Å². The van der Waals surface area contributed by atoms with E-state index in [4.69, 9.17) is 19.8 Å². The molecule has 2 amide bonds. The van der Waals surface area contributed by atoms with Crippen LogP contribution < -0.4 is 10.1 Å². The van der Waals surface area contributed by atoms with Crippen LogP contribution in [0.4, 0.5) is 13.6 Å². The fourth-order valence-electron chi connectivity index (χ4n) is 6.20. The Morgan fingerprint density at radius 1 is 1.24 bits per heavy atom. The SMILES string of the molecule is CC(C(F)Oc1cccc2cc(-c3nc4cc5c(nc4n3C)CCN(C[C@@H](CF)NC(=O)O)C5=O)n(CC3CC3)c12)n1ccnc1. The van der Waals surface area contributed by atoms with E-state index >= 15 is 4.39 Å². The highest BCUT2D eigenvalue weighted by atomic mass is 19.1. The Bertz CT molecular complexity index is 1930. The summed E-state index contributed by atoms with van der Waals surface area (Å²) in [6, 6.07) is 7.72. The lowest BCUT2D eigenvalue weighted by molar-refractivity contribution is 0.0249. The molecule has 2 aliphatic rings. The van der Waals surface area contributed by atoms with Crippen molar-refractivity contribution < 1.29 is 28.2 Å². The van der Waals surface area contributed by atoms with Gasteiger partial charge >= 0.3 is 6.09 Å². The molecule has 1 aliphatic carbocycles. The summed E-state index contributed by atoms with van der Waals surface area (Å²) >= 11 is 0. The van der Waals surface area contributed by atoms with Crippen molar-refractivity contribution in [1.82, 2.24) is 38.9 Å². The van der Waals surface area contributed by atoms with E-state index in [1.165, 1.54) is 4.90 Å². The number of rotatable bonds is 11. The summed E-state index contributed by atoms with van der Waals surface area (Å²) in [5, 5.41) is 12.0. The normalized spacial score (nSPS) is 16.9. The number of carbonyl (C=O) groups excluding carboxylic acids is 1. The minimum atomic E-state index is -1.61. The van der Waals surface area contributed by atoms with E-state index in [0.29, 0.717) is 59.4 Å². The van der Waals surface area contributed by atoms with Crippen LogP contribution in [0.3, 0.4) is 0 Å². The number of carbonyl (C=O) groups is 2. The van der Waals surface area contributed by atoms with Crippen LogP contribution in [0, 0.1) is 5.92 Å². The Balaban J connectivity index is 1.25. The lowest BCUT2D eigenvalue weighted by Gasteiger charge is -2.30. The largest absolute Gasteiger partial charge is 0.465 e. The zero-order valence-corrected chi connectivity index (χ0v) is 25.4. The highest BCUT2D eigenvalue weighted by Gasteiger charge is 2.31. The van der Waals surface area contributed by atoms with Crippen LogP contribution in [-0.2, 0) is 20.0 Å². The Kier molecular flexibility index (Phi) is 7.57. The number of amides is 2. The first kappa shape index (κ1) is 29.7. The van der Waals surface area contributed by atoms with Gasteiger partial charge in [0.2, 0.25) is 0 Å². The Labute approximate surface area is 262 Å². The number of alkyl halides is 2. The maximum Gasteiger partial charge on any atom is 0.405 e. The molecule has 2 N–H and O–H groups in total. The van der Waals surface area contributed by atoms with Gasteiger partial charge in [0.25, 0.3) is 12.3 Å². The fraction of sp³-hybridized carbons (Fsp3) is 0.406. The summed E-state index contributed by atoms with van der Waals surface area (Å²) in [6.45, 7) is 1.73. The van der Waals surface area contributed by atoms with Crippen LogP contribution in [0.15, 0.2) is 49.1 Å². The van der Waals surface area contributed by atoms with Gasteiger partial charge in [-0.15, -0.1) is 0 Å². The number of para-hydroxylation sites is 1. The summed E-state index contributed by atoms with van der Waals surface area (Å²) in [6.07, 6.45) is 4.56. The number of hydrogen-bond donors (Lipinski definition) is 2. The van der Waals surface area contributed by atoms with E-state index in [2.05, 4.69) is 14.9 Å².